The number of hydrogen-bond donors (Lipinski definition) is 1. The lowest BCUT2D eigenvalue weighted by Crippen LogP contribution is -2.49. The zero-order valence-corrected chi connectivity index (χ0v) is 20.2. The topological polar surface area (TPSA) is 96.4 Å². The van der Waals surface area contributed by atoms with E-state index in [-0.39, 0.29) is 23.8 Å². The van der Waals surface area contributed by atoms with E-state index in [1.807, 2.05) is 6.07 Å². The summed E-state index contributed by atoms with van der Waals surface area (Å²) in [5.41, 5.74) is 0.237. The van der Waals surface area contributed by atoms with Crippen LogP contribution in [0.25, 0.3) is 0 Å². The third-order valence-electron chi connectivity index (χ3n) is 5.74. The fourth-order valence-electron chi connectivity index (χ4n) is 4.12. The smallest absolute Gasteiger partial charge is 0.483 e. The molecule has 1 saturated heterocycles. The number of fused-ring (bicyclic) bond motifs is 1. The average Bonchev–Trinajstić information content (AvgIpc) is 3.14. The maximum Gasteiger partial charge on any atom is 0.490 e. The number of carboxylic acid groups (broad SMARTS) is 1. The first kappa shape index (κ1) is 27.8. The fraction of sp³-hybridized carbons (Fsp3) is 0.435. The number of carbonyl (C=O) groups is 1. The largest absolute Gasteiger partial charge is 0.490 e. The first-order valence-electron chi connectivity index (χ1n) is 10.9. The highest BCUT2D eigenvalue weighted by atomic mass is 32.2. The van der Waals surface area contributed by atoms with Gasteiger partial charge in [0.05, 0.1) is 13.2 Å². The van der Waals surface area contributed by atoms with Gasteiger partial charge in [0.2, 0.25) is 10.0 Å². The van der Waals surface area contributed by atoms with E-state index in [2.05, 4.69) is 4.90 Å². The van der Waals surface area contributed by atoms with Crippen LogP contribution in [0.4, 0.5) is 17.6 Å². The molecule has 2 aliphatic heterocycles. The second-order valence-corrected chi connectivity index (χ2v) is 10.4. The summed E-state index contributed by atoms with van der Waals surface area (Å²) in [5, 5.41) is 7.12. The highest BCUT2D eigenvalue weighted by Crippen LogP contribution is 2.38. The molecule has 198 valence electrons. The van der Waals surface area contributed by atoms with Crippen molar-refractivity contribution in [1.82, 2.24) is 9.21 Å². The van der Waals surface area contributed by atoms with Crippen LogP contribution in [-0.2, 0) is 26.1 Å². The number of benzene rings is 2. The summed E-state index contributed by atoms with van der Waals surface area (Å²) in [7, 11) is -2.12. The first-order chi connectivity index (χ1) is 16.9. The first-order valence-corrected chi connectivity index (χ1v) is 12.3. The molecular formula is C23H26F4N2O6S. The molecular weight excluding hydrogens is 508 g/mol. The van der Waals surface area contributed by atoms with Crippen molar-refractivity contribution in [2.45, 2.75) is 29.6 Å². The normalized spacial score (nSPS) is 21.7. The van der Waals surface area contributed by atoms with Crippen LogP contribution in [0.15, 0.2) is 53.4 Å². The maximum atomic E-state index is 13.5. The molecule has 0 bridgehead atoms. The number of nitrogens with zero attached hydrogens (tertiary/aromatic N) is 2. The van der Waals surface area contributed by atoms with Gasteiger partial charge in [-0.05, 0) is 29.8 Å². The van der Waals surface area contributed by atoms with E-state index in [0.717, 1.165) is 12.1 Å². The van der Waals surface area contributed by atoms with Crippen LogP contribution in [0.2, 0.25) is 0 Å². The summed E-state index contributed by atoms with van der Waals surface area (Å²) >= 11 is 0. The Hall–Kier alpha value is -2.74. The predicted octanol–water partition coefficient (Wildman–Crippen LogP) is 3.13. The van der Waals surface area contributed by atoms with Gasteiger partial charge in [-0.25, -0.2) is 17.6 Å². The molecule has 13 heteroatoms. The van der Waals surface area contributed by atoms with Gasteiger partial charge in [0.25, 0.3) is 0 Å². The van der Waals surface area contributed by atoms with E-state index in [0.29, 0.717) is 31.9 Å². The predicted molar refractivity (Wildman–Crippen MR) is 120 cm³/mol. The van der Waals surface area contributed by atoms with Crippen molar-refractivity contribution in [3.63, 3.8) is 0 Å². The maximum absolute atomic E-state index is 13.5. The van der Waals surface area contributed by atoms with Crippen molar-refractivity contribution in [3.8, 4) is 5.75 Å². The quantitative estimate of drug-likeness (QED) is 0.589. The van der Waals surface area contributed by atoms with E-state index in [4.69, 9.17) is 19.4 Å². The van der Waals surface area contributed by atoms with Crippen LogP contribution in [-0.4, -0.2) is 80.4 Å². The molecule has 2 heterocycles. The van der Waals surface area contributed by atoms with E-state index in [9.17, 15) is 26.0 Å². The van der Waals surface area contributed by atoms with Crippen molar-refractivity contribution < 1.29 is 45.4 Å². The fourth-order valence-corrected chi connectivity index (χ4v) is 5.73. The molecule has 4 rings (SSSR count). The third-order valence-corrected chi connectivity index (χ3v) is 7.62. The minimum atomic E-state index is -5.08. The van der Waals surface area contributed by atoms with Crippen molar-refractivity contribution in [3.05, 3.63) is 59.9 Å². The van der Waals surface area contributed by atoms with Crippen LogP contribution in [0, 0.1) is 5.82 Å². The molecule has 0 saturated carbocycles. The SMILES string of the molecule is COCCN1CC2(CCN(Cc3cccc(F)c3)C2)Oc2ccccc2S1(=O)=O.O=C(O)C(F)(F)F. The number of halogens is 4. The highest BCUT2D eigenvalue weighted by molar-refractivity contribution is 7.89. The molecule has 1 fully saturated rings. The second-order valence-electron chi connectivity index (χ2n) is 8.46. The molecule has 0 aromatic heterocycles. The standard InChI is InChI=1S/C21H25FN2O4S.C2HF3O2/c1-27-12-11-24-16-21(28-19-7-2-3-8-20(19)29(24,25)26)9-10-23(15-21)14-17-5-4-6-18(22)13-17;3-2(4,5)1(6)7/h2-8,13H,9-12,14-16H2,1H3;(H,6,7). The third kappa shape index (κ3) is 6.72. The van der Waals surface area contributed by atoms with E-state index >= 15 is 0 Å². The number of hydrogen-bond acceptors (Lipinski definition) is 6. The monoisotopic (exact) mass is 534 g/mol. The van der Waals surface area contributed by atoms with E-state index in [1.165, 1.54) is 16.4 Å². The highest BCUT2D eigenvalue weighted by Gasteiger charge is 2.47. The number of carboxylic acids is 1. The Kier molecular flexibility index (Phi) is 8.59. The summed E-state index contributed by atoms with van der Waals surface area (Å²) in [6.45, 7) is 2.74. The van der Waals surface area contributed by atoms with Gasteiger partial charge in [-0.1, -0.05) is 24.3 Å². The van der Waals surface area contributed by atoms with E-state index < -0.39 is 27.8 Å². The van der Waals surface area contributed by atoms with Crippen LogP contribution in [0.5, 0.6) is 5.75 Å². The Balaban J connectivity index is 0.000000454. The minimum Gasteiger partial charge on any atom is -0.483 e. The molecule has 0 radical (unpaired) electrons. The second kappa shape index (κ2) is 11.1. The summed E-state index contributed by atoms with van der Waals surface area (Å²) in [6, 6.07) is 13.3. The van der Waals surface area contributed by atoms with Crippen molar-refractivity contribution >= 4 is 16.0 Å². The number of rotatable bonds is 5. The van der Waals surface area contributed by atoms with Crippen molar-refractivity contribution in [2.75, 3.05) is 39.9 Å². The minimum absolute atomic E-state index is 0.191. The lowest BCUT2D eigenvalue weighted by molar-refractivity contribution is -0.192. The van der Waals surface area contributed by atoms with Crippen molar-refractivity contribution in [2.24, 2.45) is 0 Å². The van der Waals surface area contributed by atoms with Gasteiger partial charge in [-0.2, -0.15) is 17.5 Å². The zero-order chi connectivity index (χ0) is 26.6. The molecule has 8 nitrogen and oxygen atoms in total. The number of ether oxygens (including phenoxy) is 2. The lowest BCUT2D eigenvalue weighted by Gasteiger charge is -2.32. The Morgan fingerprint density at radius 3 is 2.50 bits per heavy atom. The molecule has 1 N–H and O–H groups in total. The molecule has 36 heavy (non-hydrogen) atoms. The van der Waals surface area contributed by atoms with Crippen molar-refractivity contribution in [1.29, 1.82) is 0 Å². The lowest BCUT2D eigenvalue weighted by atomic mass is 10.0. The Morgan fingerprint density at radius 1 is 1.17 bits per heavy atom. The molecule has 2 aliphatic rings. The van der Waals surface area contributed by atoms with Crippen LogP contribution in [0.3, 0.4) is 0 Å². The molecule has 2 aromatic carbocycles. The molecule has 1 spiro atoms. The molecule has 2 aromatic rings. The molecule has 0 amide bonds. The number of para-hydroxylation sites is 1. The van der Waals surface area contributed by atoms with E-state index in [1.54, 1.807) is 37.4 Å². The molecule has 1 unspecified atom stereocenters. The number of aliphatic carboxylic acids is 1. The number of likely N-dealkylation sites (tertiary alicyclic amines) is 1. The average molecular weight is 535 g/mol. The molecule has 0 aliphatic carbocycles. The van der Waals surface area contributed by atoms with Gasteiger partial charge in [0.1, 0.15) is 22.1 Å². The van der Waals surface area contributed by atoms with Gasteiger partial charge in [-0.3, -0.25) is 4.90 Å². The Morgan fingerprint density at radius 2 is 1.86 bits per heavy atom. The molecule has 1 atom stereocenters. The number of alkyl halides is 3. The van der Waals surface area contributed by atoms with Crippen LogP contribution in [0.1, 0.15) is 12.0 Å². The summed E-state index contributed by atoms with van der Waals surface area (Å²) in [4.78, 5) is 11.3. The zero-order valence-electron chi connectivity index (χ0n) is 19.4. The number of sulfonamides is 1. The van der Waals surface area contributed by atoms with Crippen LogP contribution >= 0.6 is 0 Å². The van der Waals surface area contributed by atoms with Gasteiger partial charge in [-0.15, -0.1) is 0 Å². The summed E-state index contributed by atoms with van der Waals surface area (Å²) in [5.74, 6) is -2.62. The van der Waals surface area contributed by atoms with Gasteiger partial charge in [0.15, 0.2) is 0 Å². The van der Waals surface area contributed by atoms with Crippen LogP contribution < -0.4 is 4.74 Å². The van der Waals surface area contributed by atoms with Gasteiger partial charge < -0.3 is 14.6 Å². The van der Waals surface area contributed by atoms with Gasteiger partial charge >= 0.3 is 12.1 Å². The number of methoxy groups -OCH3 is 1. The summed E-state index contributed by atoms with van der Waals surface area (Å²) in [6.07, 6.45) is -4.39. The Labute approximate surface area is 206 Å². The van der Waals surface area contributed by atoms with Gasteiger partial charge in [0, 0.05) is 39.7 Å². The Bertz CT molecular complexity index is 1180. The summed E-state index contributed by atoms with van der Waals surface area (Å²) < 4.78 is 84.7.